The smallest absolute Gasteiger partial charge is 0.165 e. The number of pyridine rings is 1. The van der Waals surface area contributed by atoms with Gasteiger partial charge in [0.05, 0.1) is 0 Å². The largest absolute Gasteiger partial charge is 0.353 e. The number of anilines is 1. The normalized spacial score (nSPS) is 24.0. The zero-order chi connectivity index (χ0) is 17.1. The molecule has 0 spiro atoms. The number of hydrogen-bond acceptors (Lipinski definition) is 3. The maximum atomic E-state index is 14.1. The van der Waals surface area contributed by atoms with Gasteiger partial charge in [0.1, 0.15) is 0 Å². The molecule has 0 radical (unpaired) electrons. The third kappa shape index (κ3) is 3.59. The van der Waals surface area contributed by atoms with Crippen LogP contribution in [0.1, 0.15) is 18.4 Å². The van der Waals surface area contributed by atoms with Crippen molar-refractivity contribution in [3.8, 4) is 0 Å². The standard InChI is InChI=1S/C21H24FN3/c22-19-9-4-12-23-21(19)25-15-11-18-10-14-24(20(18)16-25)13-5-8-17-6-2-1-3-7-17/h1-9,12,18,20H,10-11,13-16H2/b8-5+. The number of aromatic nitrogens is 1. The lowest BCUT2D eigenvalue weighted by molar-refractivity contribution is 0.225. The molecule has 0 bridgehead atoms. The molecular formula is C21H24FN3. The van der Waals surface area contributed by atoms with Gasteiger partial charge in [0, 0.05) is 31.9 Å². The van der Waals surface area contributed by atoms with Crippen LogP contribution in [0.25, 0.3) is 6.08 Å². The summed E-state index contributed by atoms with van der Waals surface area (Å²) >= 11 is 0. The summed E-state index contributed by atoms with van der Waals surface area (Å²) in [6.07, 6.45) is 8.49. The summed E-state index contributed by atoms with van der Waals surface area (Å²) in [5.74, 6) is 1.02. The number of rotatable bonds is 4. The summed E-state index contributed by atoms with van der Waals surface area (Å²) in [7, 11) is 0. The first-order valence-electron chi connectivity index (χ1n) is 9.12. The minimum atomic E-state index is -0.213. The molecule has 3 heterocycles. The van der Waals surface area contributed by atoms with Crippen molar-refractivity contribution in [2.24, 2.45) is 5.92 Å². The molecule has 2 unspecified atom stereocenters. The Morgan fingerprint density at radius 3 is 2.76 bits per heavy atom. The number of piperidine rings is 1. The van der Waals surface area contributed by atoms with Crippen molar-refractivity contribution in [3.05, 3.63) is 66.1 Å². The highest BCUT2D eigenvalue weighted by atomic mass is 19.1. The van der Waals surface area contributed by atoms with Gasteiger partial charge in [0.25, 0.3) is 0 Å². The van der Waals surface area contributed by atoms with Gasteiger partial charge in [-0.05, 0) is 43.0 Å². The molecule has 0 amide bonds. The van der Waals surface area contributed by atoms with Crippen LogP contribution in [0.5, 0.6) is 0 Å². The highest BCUT2D eigenvalue weighted by molar-refractivity contribution is 5.48. The Labute approximate surface area is 148 Å². The van der Waals surface area contributed by atoms with Crippen LogP contribution in [-0.2, 0) is 0 Å². The van der Waals surface area contributed by atoms with Crippen molar-refractivity contribution in [2.45, 2.75) is 18.9 Å². The highest BCUT2D eigenvalue weighted by Gasteiger charge is 2.38. The first-order chi connectivity index (χ1) is 12.3. The van der Waals surface area contributed by atoms with Gasteiger partial charge in [-0.25, -0.2) is 9.37 Å². The van der Waals surface area contributed by atoms with Crippen molar-refractivity contribution in [3.63, 3.8) is 0 Å². The molecule has 25 heavy (non-hydrogen) atoms. The molecule has 2 aromatic rings. The summed E-state index contributed by atoms with van der Waals surface area (Å²) in [4.78, 5) is 8.92. The summed E-state index contributed by atoms with van der Waals surface area (Å²) in [5.41, 5.74) is 1.24. The third-order valence-corrected chi connectivity index (χ3v) is 5.47. The second kappa shape index (κ2) is 7.36. The van der Waals surface area contributed by atoms with Gasteiger partial charge in [-0.2, -0.15) is 0 Å². The molecule has 0 N–H and O–H groups in total. The van der Waals surface area contributed by atoms with E-state index in [1.165, 1.54) is 18.1 Å². The van der Waals surface area contributed by atoms with E-state index in [-0.39, 0.29) is 5.82 Å². The van der Waals surface area contributed by atoms with Crippen LogP contribution >= 0.6 is 0 Å². The monoisotopic (exact) mass is 337 g/mol. The fourth-order valence-corrected chi connectivity index (χ4v) is 4.15. The Balaban J connectivity index is 1.42. The predicted molar refractivity (Wildman–Crippen MR) is 100.0 cm³/mol. The zero-order valence-electron chi connectivity index (χ0n) is 14.4. The first kappa shape index (κ1) is 16.3. The molecule has 1 aromatic heterocycles. The summed E-state index contributed by atoms with van der Waals surface area (Å²) < 4.78 is 14.1. The van der Waals surface area contributed by atoms with Crippen molar-refractivity contribution in [1.82, 2.24) is 9.88 Å². The Morgan fingerprint density at radius 1 is 1.08 bits per heavy atom. The first-order valence-corrected chi connectivity index (χ1v) is 9.12. The molecule has 1 aromatic carbocycles. The molecule has 2 aliphatic rings. The van der Waals surface area contributed by atoms with E-state index >= 15 is 0 Å². The van der Waals surface area contributed by atoms with Crippen LogP contribution in [0.2, 0.25) is 0 Å². The molecule has 2 aliphatic heterocycles. The highest BCUT2D eigenvalue weighted by Crippen LogP contribution is 2.33. The van der Waals surface area contributed by atoms with Gasteiger partial charge < -0.3 is 4.90 Å². The number of hydrogen-bond donors (Lipinski definition) is 0. The molecule has 130 valence electrons. The lowest BCUT2D eigenvalue weighted by atomic mass is 9.92. The van der Waals surface area contributed by atoms with Gasteiger partial charge in [-0.3, -0.25) is 4.90 Å². The Morgan fingerprint density at radius 2 is 1.92 bits per heavy atom. The molecule has 4 rings (SSSR count). The molecule has 4 heteroatoms. The number of nitrogens with zero attached hydrogens (tertiary/aromatic N) is 3. The van der Waals surface area contributed by atoms with Gasteiger partial charge in [0.15, 0.2) is 11.6 Å². The quantitative estimate of drug-likeness (QED) is 0.845. The SMILES string of the molecule is Fc1cccnc1N1CCC2CCN(C/C=C/c3ccccc3)C2C1. The topological polar surface area (TPSA) is 19.4 Å². The molecule has 0 saturated carbocycles. The van der Waals surface area contributed by atoms with Crippen LogP contribution in [0.3, 0.4) is 0 Å². The van der Waals surface area contributed by atoms with E-state index < -0.39 is 0 Å². The van der Waals surface area contributed by atoms with E-state index in [1.807, 2.05) is 6.07 Å². The van der Waals surface area contributed by atoms with Gasteiger partial charge in [-0.1, -0.05) is 42.5 Å². The lowest BCUT2D eigenvalue weighted by Crippen LogP contribution is -2.48. The number of benzene rings is 1. The van der Waals surface area contributed by atoms with Crippen LogP contribution in [0.4, 0.5) is 10.2 Å². The predicted octanol–water partition coefficient (Wildman–Crippen LogP) is 3.83. The minimum Gasteiger partial charge on any atom is -0.353 e. The Hall–Kier alpha value is -2.20. The van der Waals surface area contributed by atoms with E-state index in [0.717, 1.165) is 38.5 Å². The van der Waals surface area contributed by atoms with E-state index in [4.69, 9.17) is 0 Å². The average molecular weight is 337 g/mol. The van der Waals surface area contributed by atoms with E-state index in [0.29, 0.717) is 11.9 Å². The Kier molecular flexibility index (Phi) is 4.79. The van der Waals surface area contributed by atoms with E-state index in [1.54, 1.807) is 12.3 Å². The number of halogens is 1. The lowest BCUT2D eigenvalue weighted by Gasteiger charge is -2.39. The molecule has 2 saturated heterocycles. The van der Waals surface area contributed by atoms with Crippen molar-refractivity contribution in [2.75, 3.05) is 31.1 Å². The average Bonchev–Trinajstić information content (AvgIpc) is 3.05. The van der Waals surface area contributed by atoms with Gasteiger partial charge in [-0.15, -0.1) is 0 Å². The van der Waals surface area contributed by atoms with Crippen LogP contribution < -0.4 is 4.90 Å². The van der Waals surface area contributed by atoms with E-state index in [2.05, 4.69) is 51.2 Å². The molecule has 0 aliphatic carbocycles. The fourth-order valence-electron chi connectivity index (χ4n) is 4.15. The maximum Gasteiger partial charge on any atom is 0.165 e. The summed E-state index contributed by atoms with van der Waals surface area (Å²) in [6.45, 7) is 3.86. The third-order valence-electron chi connectivity index (χ3n) is 5.47. The van der Waals surface area contributed by atoms with Gasteiger partial charge in [0.2, 0.25) is 0 Å². The molecule has 3 nitrogen and oxygen atoms in total. The van der Waals surface area contributed by atoms with E-state index in [9.17, 15) is 4.39 Å². The van der Waals surface area contributed by atoms with Crippen molar-refractivity contribution >= 4 is 11.9 Å². The second-order valence-corrected chi connectivity index (χ2v) is 6.97. The number of fused-ring (bicyclic) bond motifs is 1. The van der Waals surface area contributed by atoms with Crippen LogP contribution in [0.15, 0.2) is 54.7 Å². The van der Waals surface area contributed by atoms with Crippen LogP contribution in [0, 0.1) is 11.7 Å². The summed E-state index contributed by atoms with van der Waals surface area (Å²) in [5, 5.41) is 0. The second-order valence-electron chi connectivity index (χ2n) is 6.97. The fraction of sp³-hybridized carbons (Fsp3) is 0.381. The van der Waals surface area contributed by atoms with Crippen LogP contribution in [-0.4, -0.2) is 42.1 Å². The molecule has 2 fully saturated rings. The Bertz CT molecular complexity index is 731. The maximum absolute atomic E-state index is 14.1. The number of likely N-dealkylation sites (tertiary alicyclic amines) is 1. The molecule has 2 atom stereocenters. The van der Waals surface area contributed by atoms with Gasteiger partial charge >= 0.3 is 0 Å². The van der Waals surface area contributed by atoms with Crippen molar-refractivity contribution < 1.29 is 4.39 Å². The summed E-state index contributed by atoms with van der Waals surface area (Å²) in [6, 6.07) is 14.1. The van der Waals surface area contributed by atoms with Crippen molar-refractivity contribution in [1.29, 1.82) is 0 Å². The minimum absolute atomic E-state index is 0.213. The molecular weight excluding hydrogens is 313 g/mol. The zero-order valence-corrected chi connectivity index (χ0v) is 14.4.